The maximum atomic E-state index is 11.9. The van der Waals surface area contributed by atoms with E-state index in [1.807, 2.05) is 32.2 Å². The number of fused-ring (bicyclic) bond motifs is 1. The molecule has 0 aliphatic carbocycles. The molecule has 2 N–H and O–H groups in total. The molecule has 2 aromatic heterocycles. The number of hydrogen-bond donors (Lipinski definition) is 2. The predicted octanol–water partition coefficient (Wildman–Crippen LogP) is 3.01. The number of nitrogens with one attached hydrogen (secondary N) is 2. The Balaban J connectivity index is 0.000000956. The van der Waals surface area contributed by atoms with Gasteiger partial charge in [-0.1, -0.05) is 37.8 Å². The summed E-state index contributed by atoms with van der Waals surface area (Å²) >= 11 is 9.63. The van der Waals surface area contributed by atoms with Crippen molar-refractivity contribution in [1.82, 2.24) is 20.2 Å². The largest absolute Gasteiger partial charge is 0.294 e. The second-order valence-electron chi connectivity index (χ2n) is 3.29. The van der Waals surface area contributed by atoms with Gasteiger partial charge in [-0.05, 0) is 34.3 Å². The number of carbonyl (C=O) groups is 1. The van der Waals surface area contributed by atoms with Crippen LogP contribution in [0.4, 0.5) is 0 Å². The van der Waals surface area contributed by atoms with Crippen LogP contribution in [0.5, 0.6) is 0 Å². The maximum absolute atomic E-state index is 11.9. The Morgan fingerprint density at radius 3 is 2.75 bits per heavy atom. The van der Waals surface area contributed by atoms with Crippen molar-refractivity contribution < 1.29 is 4.79 Å². The van der Waals surface area contributed by atoms with E-state index in [9.17, 15) is 4.79 Å². The van der Waals surface area contributed by atoms with Crippen molar-refractivity contribution in [3.8, 4) is 0 Å². The Morgan fingerprint density at radius 1 is 1.40 bits per heavy atom. The van der Waals surface area contributed by atoms with Gasteiger partial charge in [-0.15, -0.1) is 0 Å². The Labute approximate surface area is 135 Å². The van der Waals surface area contributed by atoms with Crippen LogP contribution < -0.4 is 10.9 Å². The molecule has 0 unspecified atom stereocenters. The van der Waals surface area contributed by atoms with Gasteiger partial charge < -0.3 is 0 Å². The second kappa shape index (κ2) is 8.23. The van der Waals surface area contributed by atoms with Crippen molar-refractivity contribution in [3.05, 3.63) is 34.7 Å². The van der Waals surface area contributed by atoms with Gasteiger partial charge in [0.05, 0.1) is 6.20 Å². The lowest BCUT2D eigenvalue weighted by atomic mass is 10.4. The first kappa shape index (κ1) is 16.9. The van der Waals surface area contributed by atoms with Crippen LogP contribution in [0.1, 0.15) is 24.3 Å². The number of halogens is 1. The zero-order valence-electron chi connectivity index (χ0n) is 11.3. The molecule has 2 rings (SSSR count). The fraction of sp³-hybridized carbons (Fsp3) is 0.250. The molecule has 8 heteroatoms. The Hall–Kier alpha value is -1.12. The molecule has 0 bridgehead atoms. The first-order valence-electron chi connectivity index (χ1n) is 5.88. The summed E-state index contributed by atoms with van der Waals surface area (Å²) in [6.45, 7) is 4.00. The van der Waals surface area contributed by atoms with Crippen LogP contribution >= 0.6 is 39.9 Å². The average Bonchev–Trinajstić information content (AvgIpc) is 2.89. The lowest BCUT2D eigenvalue weighted by Gasteiger charge is -2.07. The highest BCUT2D eigenvalue weighted by Gasteiger charge is 2.12. The fourth-order valence-corrected chi connectivity index (χ4v) is 1.89. The molecule has 0 aliphatic heterocycles. The van der Waals surface area contributed by atoms with Crippen LogP contribution in [-0.4, -0.2) is 25.9 Å². The molecule has 0 aliphatic rings. The fourth-order valence-electron chi connectivity index (χ4n) is 1.35. The minimum absolute atomic E-state index is 0.294. The van der Waals surface area contributed by atoms with Crippen molar-refractivity contribution >= 4 is 55.8 Å². The smallest absolute Gasteiger partial charge is 0.288 e. The van der Waals surface area contributed by atoms with Crippen LogP contribution in [0.3, 0.4) is 0 Å². The summed E-state index contributed by atoms with van der Waals surface area (Å²) < 4.78 is 3.07. The van der Waals surface area contributed by atoms with E-state index in [0.717, 1.165) is 4.47 Å². The number of thioether (sulfide) groups is 1. The summed E-state index contributed by atoms with van der Waals surface area (Å²) in [7, 11) is 0. The molecule has 0 spiro atoms. The third-order valence-corrected chi connectivity index (χ3v) is 3.71. The quantitative estimate of drug-likeness (QED) is 0.593. The van der Waals surface area contributed by atoms with Crippen LogP contribution in [0.15, 0.2) is 29.0 Å². The molecule has 0 saturated heterocycles. The summed E-state index contributed by atoms with van der Waals surface area (Å²) in [6, 6.07) is 3.69. The number of nitrogens with zero attached hydrogens (tertiary/aromatic N) is 2. The van der Waals surface area contributed by atoms with Gasteiger partial charge in [0.2, 0.25) is 0 Å². The van der Waals surface area contributed by atoms with E-state index in [1.54, 1.807) is 10.6 Å². The number of carbonyl (C=O) groups excluding carboxylic acids is 1. The minimum atomic E-state index is -0.294. The zero-order valence-corrected chi connectivity index (χ0v) is 14.5. The molecule has 1 amide bonds. The summed E-state index contributed by atoms with van der Waals surface area (Å²) in [5, 5.41) is 0. The third-order valence-electron chi connectivity index (χ3n) is 2.17. The van der Waals surface area contributed by atoms with Gasteiger partial charge in [0.15, 0.2) is 4.32 Å². The molecule has 0 fully saturated rings. The number of aromatic nitrogens is 2. The molecule has 2 aromatic rings. The number of thiocarbonyl (C=S) groups is 1. The molecule has 20 heavy (non-hydrogen) atoms. The average molecular weight is 375 g/mol. The van der Waals surface area contributed by atoms with Crippen LogP contribution in [-0.2, 0) is 0 Å². The van der Waals surface area contributed by atoms with Gasteiger partial charge in [0.1, 0.15) is 11.3 Å². The maximum Gasteiger partial charge on any atom is 0.288 e. The molecule has 0 atom stereocenters. The normalized spacial score (nSPS) is 9.60. The number of amides is 1. The number of hydrazine groups is 1. The summed E-state index contributed by atoms with van der Waals surface area (Å²) in [4.78, 5) is 16.1. The van der Waals surface area contributed by atoms with Crippen molar-refractivity contribution in [3.63, 3.8) is 0 Å². The lowest BCUT2D eigenvalue weighted by Crippen LogP contribution is -2.39. The highest BCUT2D eigenvalue weighted by molar-refractivity contribution is 9.10. The van der Waals surface area contributed by atoms with E-state index < -0.39 is 0 Å². The number of rotatable bonds is 1. The Bertz CT molecular complexity index is 615. The van der Waals surface area contributed by atoms with Crippen LogP contribution in [0, 0.1) is 0 Å². The monoisotopic (exact) mass is 374 g/mol. The molecule has 0 saturated carbocycles. The van der Waals surface area contributed by atoms with Crippen molar-refractivity contribution in [2.24, 2.45) is 0 Å². The van der Waals surface area contributed by atoms with Gasteiger partial charge in [0, 0.05) is 10.7 Å². The van der Waals surface area contributed by atoms with E-state index in [0.29, 0.717) is 15.7 Å². The Kier molecular flexibility index (Phi) is 6.97. The van der Waals surface area contributed by atoms with Crippen LogP contribution in [0.2, 0.25) is 0 Å². The van der Waals surface area contributed by atoms with Crippen LogP contribution in [0.25, 0.3) is 5.65 Å². The van der Waals surface area contributed by atoms with Crippen molar-refractivity contribution in [1.29, 1.82) is 0 Å². The highest BCUT2D eigenvalue weighted by atomic mass is 79.9. The molecular weight excluding hydrogens is 360 g/mol. The first-order valence-corrected chi connectivity index (χ1v) is 8.31. The number of hydrogen-bond acceptors (Lipinski definition) is 4. The Morgan fingerprint density at radius 2 is 2.10 bits per heavy atom. The minimum Gasteiger partial charge on any atom is -0.294 e. The van der Waals surface area contributed by atoms with Gasteiger partial charge in [-0.25, -0.2) is 4.98 Å². The molecule has 108 valence electrons. The van der Waals surface area contributed by atoms with E-state index in [4.69, 9.17) is 12.2 Å². The van der Waals surface area contributed by atoms with E-state index in [-0.39, 0.29) is 5.91 Å². The van der Waals surface area contributed by atoms with Gasteiger partial charge in [-0.2, -0.15) is 0 Å². The second-order valence-corrected chi connectivity index (χ2v) is 5.69. The standard InChI is InChI=1S/C10H9BrN4OS2.C2H6/c1-18-10(17)14-13-9(16)7-4-12-8-3-2-6(11)5-15(7)8;1-2/h2-5H,1H3,(H,13,16)(H,14,17);1-2H3. The van der Waals surface area contributed by atoms with Crippen molar-refractivity contribution in [2.45, 2.75) is 13.8 Å². The van der Waals surface area contributed by atoms with Gasteiger partial charge in [-0.3, -0.25) is 20.0 Å². The molecular formula is C12H15BrN4OS2. The lowest BCUT2D eigenvalue weighted by molar-refractivity contribution is 0.0938. The van der Waals surface area contributed by atoms with E-state index in [2.05, 4.69) is 31.8 Å². The van der Waals surface area contributed by atoms with Gasteiger partial charge in [0.25, 0.3) is 5.91 Å². The SMILES string of the molecule is CC.CSC(=S)NNC(=O)c1cnc2ccc(Br)cn12. The first-order chi connectivity index (χ1) is 9.61. The van der Waals surface area contributed by atoms with Gasteiger partial charge >= 0.3 is 0 Å². The van der Waals surface area contributed by atoms with Crippen molar-refractivity contribution in [2.75, 3.05) is 6.26 Å². The number of pyridine rings is 1. The topological polar surface area (TPSA) is 58.4 Å². The summed E-state index contributed by atoms with van der Waals surface area (Å²) in [5.41, 5.74) is 6.30. The summed E-state index contributed by atoms with van der Waals surface area (Å²) in [6.07, 6.45) is 5.12. The summed E-state index contributed by atoms with van der Waals surface area (Å²) in [5.74, 6) is -0.294. The van der Waals surface area contributed by atoms with E-state index >= 15 is 0 Å². The molecule has 5 nitrogen and oxygen atoms in total. The zero-order chi connectivity index (χ0) is 15.1. The molecule has 2 heterocycles. The van der Waals surface area contributed by atoms with E-state index in [1.165, 1.54) is 18.0 Å². The highest BCUT2D eigenvalue weighted by Crippen LogP contribution is 2.13. The molecule has 0 aromatic carbocycles. The third kappa shape index (κ3) is 4.19. The number of imidazole rings is 1. The predicted molar refractivity (Wildman–Crippen MR) is 91.0 cm³/mol. The molecule has 0 radical (unpaired) electrons.